The van der Waals surface area contributed by atoms with Crippen molar-refractivity contribution in [1.29, 1.82) is 0 Å². The third kappa shape index (κ3) is 4.61. The molecular formula is C23H26N3OS+. The van der Waals surface area contributed by atoms with Gasteiger partial charge in [-0.25, -0.2) is 0 Å². The Balaban J connectivity index is 1.36. The lowest BCUT2D eigenvalue weighted by Crippen LogP contribution is -2.87. The molecule has 4 rings (SSSR count). The van der Waals surface area contributed by atoms with Crippen molar-refractivity contribution in [2.24, 2.45) is 0 Å². The van der Waals surface area contributed by atoms with Gasteiger partial charge in [0.2, 0.25) is 0 Å². The molecule has 0 unspecified atom stereocenters. The van der Waals surface area contributed by atoms with E-state index >= 15 is 0 Å². The van der Waals surface area contributed by atoms with Crippen molar-refractivity contribution in [3.8, 4) is 0 Å². The molecule has 1 saturated heterocycles. The molecule has 2 aromatic carbocycles. The fourth-order valence-electron chi connectivity index (χ4n) is 3.71. The second-order valence-corrected chi connectivity index (χ2v) is 8.11. The number of nitrogens with two attached hydrogens (primary N) is 1. The van der Waals surface area contributed by atoms with E-state index in [2.05, 4.69) is 57.3 Å². The quantitative estimate of drug-likeness (QED) is 0.645. The highest BCUT2D eigenvalue weighted by Crippen LogP contribution is 2.23. The standard InChI is InChI=1S/C23H25N3OS/c27-22(25-19-10-12-20(13-11-19)26-14-4-5-15-26)17-24-23(21-9-6-16-28-21)18-7-2-1-3-8-18/h1-3,6-13,16,23-24H,4-5,14-15,17H2,(H,25,27)/p+1/t23-/m0/s1. The molecular weight excluding hydrogens is 366 g/mol. The van der Waals surface area contributed by atoms with Crippen LogP contribution in [0.3, 0.4) is 0 Å². The number of nitrogens with one attached hydrogen (secondary N) is 1. The van der Waals surface area contributed by atoms with E-state index in [0.717, 1.165) is 18.8 Å². The van der Waals surface area contributed by atoms with Gasteiger partial charge >= 0.3 is 0 Å². The van der Waals surface area contributed by atoms with Crippen molar-refractivity contribution in [3.05, 3.63) is 82.6 Å². The highest BCUT2D eigenvalue weighted by Gasteiger charge is 2.20. The molecule has 1 fully saturated rings. The van der Waals surface area contributed by atoms with E-state index in [9.17, 15) is 4.79 Å². The summed E-state index contributed by atoms with van der Waals surface area (Å²) in [5, 5.41) is 7.22. The molecule has 0 spiro atoms. The molecule has 5 heteroatoms. The van der Waals surface area contributed by atoms with Crippen molar-refractivity contribution in [2.75, 3.05) is 29.9 Å². The zero-order chi connectivity index (χ0) is 19.2. The minimum Gasteiger partial charge on any atom is -0.372 e. The van der Waals surface area contributed by atoms with Crippen LogP contribution >= 0.6 is 11.3 Å². The molecule has 1 atom stereocenters. The van der Waals surface area contributed by atoms with E-state index < -0.39 is 0 Å². The lowest BCUT2D eigenvalue weighted by atomic mass is 10.1. The van der Waals surface area contributed by atoms with Gasteiger partial charge < -0.3 is 15.5 Å². The van der Waals surface area contributed by atoms with Gasteiger partial charge in [-0.2, -0.15) is 0 Å². The van der Waals surface area contributed by atoms with E-state index in [1.807, 2.05) is 30.3 Å². The highest BCUT2D eigenvalue weighted by atomic mass is 32.1. The molecule has 4 nitrogen and oxygen atoms in total. The Hall–Kier alpha value is -2.63. The minimum atomic E-state index is 0.0198. The molecule has 0 bridgehead atoms. The molecule has 0 radical (unpaired) electrons. The zero-order valence-electron chi connectivity index (χ0n) is 15.9. The molecule has 144 valence electrons. The maximum atomic E-state index is 12.5. The summed E-state index contributed by atoms with van der Waals surface area (Å²) in [4.78, 5) is 16.2. The van der Waals surface area contributed by atoms with Crippen LogP contribution in [0, 0.1) is 0 Å². The number of amides is 1. The molecule has 2 heterocycles. The van der Waals surface area contributed by atoms with Gasteiger partial charge in [0, 0.05) is 30.0 Å². The number of rotatable bonds is 7. The fourth-order valence-corrected chi connectivity index (χ4v) is 4.56. The van der Waals surface area contributed by atoms with Gasteiger partial charge in [-0.3, -0.25) is 4.79 Å². The van der Waals surface area contributed by atoms with Crippen LogP contribution in [0.5, 0.6) is 0 Å². The van der Waals surface area contributed by atoms with E-state index in [1.54, 1.807) is 11.3 Å². The van der Waals surface area contributed by atoms with Crippen LogP contribution in [0.15, 0.2) is 72.1 Å². The minimum absolute atomic E-state index is 0.0198. The molecule has 0 saturated carbocycles. The summed E-state index contributed by atoms with van der Waals surface area (Å²) in [6.45, 7) is 2.64. The normalized spacial score (nSPS) is 14.8. The molecule has 28 heavy (non-hydrogen) atoms. The van der Waals surface area contributed by atoms with Gasteiger partial charge in [-0.15, -0.1) is 11.3 Å². The van der Waals surface area contributed by atoms with Gasteiger partial charge in [0.05, 0.1) is 4.88 Å². The van der Waals surface area contributed by atoms with Crippen LogP contribution in [-0.2, 0) is 4.79 Å². The fraction of sp³-hybridized carbons (Fsp3) is 0.261. The Morgan fingerprint density at radius 3 is 2.43 bits per heavy atom. The largest absolute Gasteiger partial charge is 0.372 e. The monoisotopic (exact) mass is 392 g/mol. The summed E-state index contributed by atoms with van der Waals surface area (Å²) in [6.07, 6.45) is 2.53. The molecule has 1 aliphatic heterocycles. The van der Waals surface area contributed by atoms with Gasteiger partial charge in [0.15, 0.2) is 6.54 Å². The van der Waals surface area contributed by atoms with Crippen molar-refractivity contribution in [3.63, 3.8) is 0 Å². The number of nitrogens with zero attached hydrogens (tertiary/aromatic N) is 1. The van der Waals surface area contributed by atoms with Gasteiger partial charge in [0.1, 0.15) is 6.04 Å². The van der Waals surface area contributed by atoms with E-state index in [0.29, 0.717) is 6.54 Å². The van der Waals surface area contributed by atoms with Gasteiger partial charge in [-0.05, 0) is 48.6 Å². The Labute approximate surface area is 170 Å². The van der Waals surface area contributed by atoms with Crippen LogP contribution in [0.1, 0.15) is 29.3 Å². The van der Waals surface area contributed by atoms with Crippen LogP contribution in [0.25, 0.3) is 0 Å². The number of hydrogen-bond acceptors (Lipinski definition) is 3. The average molecular weight is 393 g/mol. The second-order valence-electron chi connectivity index (χ2n) is 7.13. The van der Waals surface area contributed by atoms with Crippen molar-refractivity contribution in [2.45, 2.75) is 18.9 Å². The number of thiophene rings is 1. The maximum Gasteiger partial charge on any atom is 0.279 e. The first-order valence-electron chi connectivity index (χ1n) is 9.86. The number of carbonyl (C=O) groups is 1. The van der Waals surface area contributed by atoms with Crippen LogP contribution in [0.4, 0.5) is 11.4 Å². The maximum absolute atomic E-state index is 12.5. The summed E-state index contributed by atoms with van der Waals surface area (Å²) >= 11 is 1.73. The van der Waals surface area contributed by atoms with Crippen LogP contribution in [-0.4, -0.2) is 25.5 Å². The van der Waals surface area contributed by atoms with Crippen LogP contribution < -0.4 is 15.5 Å². The zero-order valence-corrected chi connectivity index (χ0v) is 16.7. The second kappa shape index (κ2) is 9.04. The van der Waals surface area contributed by atoms with Crippen molar-refractivity contribution < 1.29 is 10.1 Å². The van der Waals surface area contributed by atoms with Crippen molar-refractivity contribution in [1.82, 2.24) is 0 Å². The lowest BCUT2D eigenvalue weighted by Gasteiger charge is -2.18. The van der Waals surface area contributed by atoms with E-state index in [4.69, 9.17) is 0 Å². The van der Waals surface area contributed by atoms with E-state index in [1.165, 1.54) is 29.0 Å². The van der Waals surface area contributed by atoms with Gasteiger partial charge in [0.25, 0.3) is 5.91 Å². The van der Waals surface area contributed by atoms with E-state index in [-0.39, 0.29) is 11.9 Å². The first kappa shape index (κ1) is 18.7. The summed E-state index contributed by atoms with van der Waals surface area (Å²) in [5.41, 5.74) is 3.31. The molecule has 3 aromatic rings. The molecule has 3 N–H and O–H groups in total. The SMILES string of the molecule is O=C(C[NH2+][C@@H](c1ccccc1)c1cccs1)Nc1ccc(N2CCCC2)cc1. The summed E-state index contributed by atoms with van der Waals surface area (Å²) < 4.78 is 0. The Morgan fingerprint density at radius 1 is 1.00 bits per heavy atom. The third-order valence-corrected chi connectivity index (χ3v) is 6.13. The first-order chi connectivity index (χ1) is 13.8. The highest BCUT2D eigenvalue weighted by molar-refractivity contribution is 7.10. The molecule has 1 aliphatic rings. The van der Waals surface area contributed by atoms with Crippen molar-refractivity contribution >= 4 is 28.6 Å². The Morgan fingerprint density at radius 2 is 1.75 bits per heavy atom. The molecule has 1 aromatic heterocycles. The number of quaternary nitrogens is 1. The predicted octanol–water partition coefficient (Wildman–Crippen LogP) is 3.64. The first-order valence-corrected chi connectivity index (χ1v) is 10.7. The number of hydrogen-bond donors (Lipinski definition) is 2. The number of carbonyl (C=O) groups excluding carboxylic acids is 1. The summed E-state index contributed by atoms with van der Waals surface area (Å²) in [6, 6.07) is 22.9. The smallest absolute Gasteiger partial charge is 0.279 e. The summed E-state index contributed by atoms with van der Waals surface area (Å²) in [5.74, 6) is 0.0198. The lowest BCUT2D eigenvalue weighted by molar-refractivity contribution is -0.675. The molecule has 0 aliphatic carbocycles. The van der Waals surface area contributed by atoms with Crippen LogP contribution in [0.2, 0.25) is 0 Å². The topological polar surface area (TPSA) is 49.0 Å². The average Bonchev–Trinajstić information content (AvgIpc) is 3.44. The third-order valence-electron chi connectivity index (χ3n) is 5.17. The summed E-state index contributed by atoms with van der Waals surface area (Å²) in [7, 11) is 0. The Bertz CT molecular complexity index is 872. The Kier molecular flexibility index (Phi) is 6.04. The number of anilines is 2. The predicted molar refractivity (Wildman–Crippen MR) is 116 cm³/mol. The molecule has 1 amide bonds. The van der Waals surface area contributed by atoms with Gasteiger partial charge in [-0.1, -0.05) is 36.4 Å². The number of benzene rings is 2.